The van der Waals surface area contributed by atoms with E-state index in [1.165, 1.54) is 0 Å². The van der Waals surface area contributed by atoms with Crippen molar-refractivity contribution in [3.63, 3.8) is 0 Å². The van der Waals surface area contributed by atoms with Crippen LogP contribution >= 0.6 is 0 Å². The van der Waals surface area contributed by atoms with E-state index in [0.29, 0.717) is 12.1 Å². The first-order chi connectivity index (χ1) is 9.25. The molecule has 1 N–H and O–H groups in total. The third-order valence-corrected chi connectivity index (χ3v) is 3.17. The first kappa shape index (κ1) is 11.6. The molecule has 0 spiro atoms. The summed E-state index contributed by atoms with van der Waals surface area (Å²) in [5.41, 5.74) is 2.65. The molecule has 0 aliphatic rings. The van der Waals surface area contributed by atoms with E-state index in [4.69, 9.17) is 4.42 Å². The van der Waals surface area contributed by atoms with Crippen LogP contribution in [0.1, 0.15) is 15.9 Å². The number of H-pyrrole nitrogens is 1. The van der Waals surface area contributed by atoms with Crippen molar-refractivity contribution >= 4 is 16.8 Å². The molecule has 96 valence electrons. The zero-order valence-corrected chi connectivity index (χ0v) is 10.6. The molecule has 0 fully saturated rings. The van der Waals surface area contributed by atoms with Crippen LogP contribution < -0.4 is 0 Å². The Labute approximate surface area is 110 Å². The Balaban J connectivity index is 1.87. The molecule has 3 aromatic rings. The van der Waals surface area contributed by atoms with Gasteiger partial charge in [0.05, 0.1) is 18.1 Å². The molecule has 0 saturated carbocycles. The standard InChI is InChI=1S/C15H14N2O2/c1-17(9-11-6-7-19-10-11)15(18)13-8-16-14-5-3-2-4-12(13)14/h2-8,10,16H,9H2,1H3. The fraction of sp³-hybridized carbons (Fsp3) is 0.133. The van der Waals surface area contributed by atoms with Crippen molar-refractivity contribution in [2.45, 2.75) is 6.54 Å². The molecule has 1 aromatic carbocycles. The number of carbonyl (C=O) groups is 1. The molecule has 3 rings (SSSR count). The second-order valence-corrected chi connectivity index (χ2v) is 4.54. The molecule has 19 heavy (non-hydrogen) atoms. The second-order valence-electron chi connectivity index (χ2n) is 4.54. The number of hydrogen-bond acceptors (Lipinski definition) is 2. The Morgan fingerprint density at radius 3 is 2.95 bits per heavy atom. The van der Waals surface area contributed by atoms with Gasteiger partial charge in [-0.3, -0.25) is 4.79 Å². The van der Waals surface area contributed by atoms with E-state index in [2.05, 4.69) is 4.98 Å². The number of para-hydroxylation sites is 1. The third-order valence-electron chi connectivity index (χ3n) is 3.17. The molecule has 2 heterocycles. The van der Waals surface area contributed by atoms with E-state index in [0.717, 1.165) is 16.5 Å². The summed E-state index contributed by atoms with van der Waals surface area (Å²) < 4.78 is 5.01. The summed E-state index contributed by atoms with van der Waals surface area (Å²) in [7, 11) is 1.79. The zero-order chi connectivity index (χ0) is 13.2. The summed E-state index contributed by atoms with van der Waals surface area (Å²) in [6, 6.07) is 9.65. The molecular weight excluding hydrogens is 240 g/mol. The van der Waals surface area contributed by atoms with Gasteiger partial charge < -0.3 is 14.3 Å². The molecule has 0 aliphatic heterocycles. The molecule has 0 aliphatic carbocycles. The van der Waals surface area contributed by atoms with E-state index < -0.39 is 0 Å². The van der Waals surface area contributed by atoms with E-state index in [9.17, 15) is 4.79 Å². The van der Waals surface area contributed by atoms with Crippen molar-refractivity contribution in [1.29, 1.82) is 0 Å². The van der Waals surface area contributed by atoms with Crippen LogP contribution in [0.4, 0.5) is 0 Å². The van der Waals surface area contributed by atoms with Crippen molar-refractivity contribution in [3.8, 4) is 0 Å². The van der Waals surface area contributed by atoms with Gasteiger partial charge in [-0.25, -0.2) is 0 Å². The van der Waals surface area contributed by atoms with Crippen molar-refractivity contribution in [2.24, 2.45) is 0 Å². The molecule has 0 unspecified atom stereocenters. The highest BCUT2D eigenvalue weighted by atomic mass is 16.3. The van der Waals surface area contributed by atoms with Gasteiger partial charge >= 0.3 is 0 Å². The van der Waals surface area contributed by atoms with Gasteiger partial charge in [-0.15, -0.1) is 0 Å². The van der Waals surface area contributed by atoms with Crippen molar-refractivity contribution in [1.82, 2.24) is 9.88 Å². The van der Waals surface area contributed by atoms with Gasteiger partial charge in [-0.2, -0.15) is 0 Å². The van der Waals surface area contributed by atoms with Gasteiger partial charge in [0.1, 0.15) is 0 Å². The van der Waals surface area contributed by atoms with Crippen molar-refractivity contribution in [2.75, 3.05) is 7.05 Å². The fourth-order valence-electron chi connectivity index (χ4n) is 2.18. The highest BCUT2D eigenvalue weighted by Gasteiger charge is 2.16. The minimum absolute atomic E-state index is 0.00125. The van der Waals surface area contributed by atoms with Gasteiger partial charge in [0.2, 0.25) is 0 Å². The molecule has 1 amide bonds. The number of hydrogen-bond donors (Lipinski definition) is 1. The van der Waals surface area contributed by atoms with E-state index in [-0.39, 0.29) is 5.91 Å². The lowest BCUT2D eigenvalue weighted by molar-refractivity contribution is 0.0787. The minimum Gasteiger partial charge on any atom is -0.472 e. The predicted octanol–water partition coefficient (Wildman–Crippen LogP) is 3.03. The summed E-state index contributed by atoms with van der Waals surface area (Å²) in [6.45, 7) is 0.537. The van der Waals surface area contributed by atoms with Crippen LogP contribution in [0.5, 0.6) is 0 Å². The van der Waals surface area contributed by atoms with Crippen LogP contribution in [-0.4, -0.2) is 22.8 Å². The number of fused-ring (bicyclic) bond motifs is 1. The molecule has 0 atom stereocenters. The molecule has 0 radical (unpaired) electrons. The van der Waals surface area contributed by atoms with E-state index in [1.807, 2.05) is 30.3 Å². The highest BCUT2D eigenvalue weighted by Crippen LogP contribution is 2.19. The first-order valence-corrected chi connectivity index (χ1v) is 6.08. The maximum Gasteiger partial charge on any atom is 0.256 e. The van der Waals surface area contributed by atoms with Crippen molar-refractivity contribution in [3.05, 3.63) is 60.2 Å². The molecule has 0 saturated heterocycles. The van der Waals surface area contributed by atoms with Crippen LogP contribution in [0.3, 0.4) is 0 Å². The molecule has 0 bridgehead atoms. The van der Waals surface area contributed by atoms with Crippen molar-refractivity contribution < 1.29 is 9.21 Å². The number of benzene rings is 1. The number of rotatable bonds is 3. The second kappa shape index (κ2) is 4.65. The topological polar surface area (TPSA) is 49.2 Å². The lowest BCUT2D eigenvalue weighted by atomic mass is 10.1. The number of nitrogens with zero attached hydrogens (tertiary/aromatic N) is 1. The van der Waals surface area contributed by atoms with E-state index in [1.54, 1.807) is 30.7 Å². The average Bonchev–Trinajstić information content (AvgIpc) is 3.06. The van der Waals surface area contributed by atoms with Gasteiger partial charge in [0.25, 0.3) is 5.91 Å². The number of furan rings is 1. The Bertz CT molecular complexity index is 698. The van der Waals surface area contributed by atoms with E-state index >= 15 is 0 Å². The van der Waals surface area contributed by atoms with Crippen LogP contribution in [0.2, 0.25) is 0 Å². The molecular formula is C15H14N2O2. The average molecular weight is 254 g/mol. The Hall–Kier alpha value is -2.49. The van der Waals surface area contributed by atoms with Gasteiger partial charge in [0.15, 0.2) is 0 Å². The third kappa shape index (κ3) is 2.12. The molecule has 4 nitrogen and oxygen atoms in total. The minimum atomic E-state index is -0.00125. The summed E-state index contributed by atoms with van der Waals surface area (Å²) in [5.74, 6) is -0.00125. The highest BCUT2D eigenvalue weighted by molar-refractivity contribution is 6.06. The largest absolute Gasteiger partial charge is 0.472 e. The lowest BCUT2D eigenvalue weighted by Crippen LogP contribution is -2.25. The zero-order valence-electron chi connectivity index (χ0n) is 10.6. The summed E-state index contributed by atoms with van der Waals surface area (Å²) in [5, 5.41) is 0.951. The monoisotopic (exact) mass is 254 g/mol. The van der Waals surface area contributed by atoms with Crippen LogP contribution in [-0.2, 0) is 6.54 Å². The van der Waals surface area contributed by atoms with Gasteiger partial charge in [-0.1, -0.05) is 18.2 Å². The number of amides is 1. The predicted molar refractivity (Wildman–Crippen MR) is 72.8 cm³/mol. The van der Waals surface area contributed by atoms with Gasteiger partial charge in [0, 0.05) is 36.3 Å². The maximum atomic E-state index is 12.4. The fourth-order valence-corrected chi connectivity index (χ4v) is 2.18. The summed E-state index contributed by atoms with van der Waals surface area (Å²) in [4.78, 5) is 17.2. The lowest BCUT2D eigenvalue weighted by Gasteiger charge is -2.15. The SMILES string of the molecule is CN(Cc1ccoc1)C(=O)c1c[nH]c2ccccc12. The summed E-state index contributed by atoms with van der Waals surface area (Å²) in [6.07, 6.45) is 5.03. The number of carbonyl (C=O) groups excluding carboxylic acids is 1. The smallest absolute Gasteiger partial charge is 0.256 e. The van der Waals surface area contributed by atoms with Crippen LogP contribution in [0.25, 0.3) is 10.9 Å². The molecule has 2 aromatic heterocycles. The van der Waals surface area contributed by atoms with Crippen LogP contribution in [0, 0.1) is 0 Å². The first-order valence-electron chi connectivity index (χ1n) is 6.08. The maximum absolute atomic E-state index is 12.4. The van der Waals surface area contributed by atoms with Gasteiger partial charge in [-0.05, 0) is 12.1 Å². The quantitative estimate of drug-likeness (QED) is 0.781. The number of aromatic amines is 1. The Morgan fingerprint density at radius 2 is 2.16 bits per heavy atom. The molecule has 4 heteroatoms. The Morgan fingerprint density at radius 1 is 1.32 bits per heavy atom. The number of nitrogens with one attached hydrogen (secondary N) is 1. The number of aromatic nitrogens is 1. The summed E-state index contributed by atoms with van der Waals surface area (Å²) >= 11 is 0. The normalized spacial score (nSPS) is 10.8. The van der Waals surface area contributed by atoms with Crippen LogP contribution in [0.15, 0.2) is 53.5 Å². The Kier molecular flexibility index (Phi) is 2.83.